The summed E-state index contributed by atoms with van der Waals surface area (Å²) in [6.07, 6.45) is 2.88. The molecule has 1 unspecified atom stereocenters. The maximum Gasteiger partial charge on any atom is 0.122 e. The van der Waals surface area contributed by atoms with E-state index in [1.165, 1.54) is 16.7 Å². The van der Waals surface area contributed by atoms with E-state index in [1.54, 1.807) is 7.11 Å². The summed E-state index contributed by atoms with van der Waals surface area (Å²) in [6.45, 7) is 5.05. The van der Waals surface area contributed by atoms with Crippen molar-refractivity contribution in [3.05, 3.63) is 77.1 Å². The largest absolute Gasteiger partial charge is 0.496 e. The van der Waals surface area contributed by atoms with E-state index in [9.17, 15) is 0 Å². The minimum atomic E-state index is 0.321. The van der Waals surface area contributed by atoms with Crippen LogP contribution in [0.3, 0.4) is 0 Å². The maximum absolute atomic E-state index is 5.50. The van der Waals surface area contributed by atoms with Crippen LogP contribution in [0.2, 0.25) is 0 Å². The number of hydrogen-bond donors (Lipinski definition) is 0. The lowest BCUT2D eigenvalue weighted by molar-refractivity contribution is 0.406. The lowest BCUT2D eigenvalue weighted by Crippen LogP contribution is -2.02. The van der Waals surface area contributed by atoms with E-state index >= 15 is 0 Å². The van der Waals surface area contributed by atoms with Crippen molar-refractivity contribution in [2.45, 2.75) is 32.7 Å². The van der Waals surface area contributed by atoms with Crippen molar-refractivity contribution < 1.29 is 4.74 Å². The van der Waals surface area contributed by atoms with Gasteiger partial charge in [-0.1, -0.05) is 60.2 Å². The SMILES string of the molecule is COc1ccc(C)cc1C(C)Cc1cn(Cc2ccccc2)nn1. The highest BCUT2D eigenvalue weighted by molar-refractivity contribution is 5.39. The Morgan fingerprint density at radius 3 is 2.67 bits per heavy atom. The van der Waals surface area contributed by atoms with Crippen molar-refractivity contribution in [1.82, 2.24) is 15.0 Å². The zero-order valence-electron chi connectivity index (χ0n) is 14.4. The van der Waals surface area contributed by atoms with Crippen LogP contribution < -0.4 is 4.74 Å². The summed E-state index contributed by atoms with van der Waals surface area (Å²) in [6, 6.07) is 16.6. The molecule has 0 spiro atoms. The van der Waals surface area contributed by atoms with E-state index in [2.05, 4.69) is 48.4 Å². The van der Waals surface area contributed by atoms with Crippen molar-refractivity contribution in [2.24, 2.45) is 0 Å². The van der Waals surface area contributed by atoms with Crippen LogP contribution in [0.25, 0.3) is 0 Å². The number of benzene rings is 2. The number of nitrogens with zero attached hydrogens (tertiary/aromatic N) is 3. The summed E-state index contributed by atoms with van der Waals surface area (Å²) in [7, 11) is 1.72. The fraction of sp³-hybridized carbons (Fsp3) is 0.300. The second-order valence-corrected chi connectivity index (χ2v) is 6.24. The first-order valence-electron chi connectivity index (χ1n) is 8.23. The maximum atomic E-state index is 5.50. The molecule has 1 atom stereocenters. The highest BCUT2D eigenvalue weighted by atomic mass is 16.5. The summed E-state index contributed by atoms with van der Waals surface area (Å²) in [4.78, 5) is 0. The van der Waals surface area contributed by atoms with Gasteiger partial charge in [0, 0.05) is 6.20 Å². The van der Waals surface area contributed by atoms with Crippen LogP contribution in [0.5, 0.6) is 5.75 Å². The van der Waals surface area contributed by atoms with Crippen molar-refractivity contribution in [3.63, 3.8) is 0 Å². The van der Waals surface area contributed by atoms with Gasteiger partial charge in [-0.25, -0.2) is 4.68 Å². The smallest absolute Gasteiger partial charge is 0.122 e. The van der Waals surface area contributed by atoms with Crippen molar-refractivity contribution in [2.75, 3.05) is 7.11 Å². The minimum Gasteiger partial charge on any atom is -0.496 e. The zero-order valence-corrected chi connectivity index (χ0v) is 14.4. The van der Waals surface area contributed by atoms with Gasteiger partial charge >= 0.3 is 0 Å². The van der Waals surface area contributed by atoms with Crippen LogP contribution in [0.15, 0.2) is 54.7 Å². The monoisotopic (exact) mass is 321 g/mol. The van der Waals surface area contributed by atoms with Gasteiger partial charge in [-0.05, 0) is 36.5 Å². The Morgan fingerprint density at radius 2 is 1.92 bits per heavy atom. The molecule has 0 N–H and O–H groups in total. The molecule has 0 aliphatic rings. The van der Waals surface area contributed by atoms with E-state index in [0.29, 0.717) is 5.92 Å². The Morgan fingerprint density at radius 1 is 1.12 bits per heavy atom. The van der Waals surface area contributed by atoms with Crippen LogP contribution in [-0.4, -0.2) is 22.1 Å². The van der Waals surface area contributed by atoms with Crippen LogP contribution in [0.1, 0.15) is 35.2 Å². The number of methoxy groups -OCH3 is 1. The van der Waals surface area contributed by atoms with Gasteiger partial charge in [-0.2, -0.15) is 0 Å². The van der Waals surface area contributed by atoms with Gasteiger partial charge in [-0.3, -0.25) is 0 Å². The van der Waals surface area contributed by atoms with Gasteiger partial charge in [0.1, 0.15) is 5.75 Å². The average Bonchev–Trinajstić information content (AvgIpc) is 3.02. The fourth-order valence-electron chi connectivity index (χ4n) is 2.94. The van der Waals surface area contributed by atoms with E-state index < -0.39 is 0 Å². The van der Waals surface area contributed by atoms with Crippen molar-refractivity contribution in [1.29, 1.82) is 0 Å². The van der Waals surface area contributed by atoms with Crippen molar-refractivity contribution >= 4 is 0 Å². The summed E-state index contributed by atoms with van der Waals surface area (Å²) >= 11 is 0. The molecule has 0 aliphatic heterocycles. The van der Waals surface area contributed by atoms with E-state index in [1.807, 2.05) is 35.1 Å². The van der Waals surface area contributed by atoms with Crippen molar-refractivity contribution in [3.8, 4) is 5.75 Å². The highest BCUT2D eigenvalue weighted by Crippen LogP contribution is 2.29. The van der Waals surface area contributed by atoms with E-state index in [0.717, 1.165) is 24.4 Å². The lowest BCUT2D eigenvalue weighted by atomic mass is 9.94. The van der Waals surface area contributed by atoms with Gasteiger partial charge in [0.25, 0.3) is 0 Å². The molecule has 124 valence electrons. The van der Waals surface area contributed by atoms with Gasteiger partial charge in [0.15, 0.2) is 0 Å². The van der Waals surface area contributed by atoms with Crippen LogP contribution in [0, 0.1) is 6.92 Å². The first kappa shape index (κ1) is 16.2. The topological polar surface area (TPSA) is 39.9 Å². The summed E-state index contributed by atoms with van der Waals surface area (Å²) < 4.78 is 7.40. The molecule has 2 aromatic carbocycles. The van der Waals surface area contributed by atoms with Gasteiger partial charge < -0.3 is 4.74 Å². The predicted octanol–water partition coefficient (Wildman–Crippen LogP) is 3.99. The molecule has 3 aromatic rings. The number of aromatic nitrogens is 3. The third kappa shape index (κ3) is 3.82. The Hall–Kier alpha value is -2.62. The first-order valence-corrected chi connectivity index (χ1v) is 8.23. The van der Waals surface area contributed by atoms with Gasteiger partial charge in [0.2, 0.25) is 0 Å². The molecular formula is C20H23N3O. The van der Waals surface area contributed by atoms with Crippen LogP contribution in [0.4, 0.5) is 0 Å². The van der Waals surface area contributed by atoms with E-state index in [4.69, 9.17) is 4.74 Å². The molecule has 4 nitrogen and oxygen atoms in total. The molecule has 0 saturated carbocycles. The number of ether oxygens (including phenoxy) is 1. The fourth-order valence-corrected chi connectivity index (χ4v) is 2.94. The third-order valence-corrected chi connectivity index (χ3v) is 4.20. The second kappa shape index (κ2) is 7.30. The molecule has 0 aliphatic carbocycles. The summed E-state index contributed by atoms with van der Waals surface area (Å²) in [5, 5.41) is 8.58. The molecule has 0 radical (unpaired) electrons. The molecule has 0 amide bonds. The Labute approximate surface area is 143 Å². The molecule has 0 fully saturated rings. The number of rotatable bonds is 6. The molecule has 1 aromatic heterocycles. The van der Waals surface area contributed by atoms with Crippen LogP contribution in [-0.2, 0) is 13.0 Å². The van der Waals surface area contributed by atoms with Gasteiger partial charge in [0.05, 0.1) is 19.3 Å². The molecular weight excluding hydrogens is 298 g/mol. The summed E-state index contributed by atoms with van der Waals surface area (Å²) in [5.41, 5.74) is 4.69. The Kier molecular flexibility index (Phi) is 4.94. The normalized spacial score (nSPS) is 12.1. The highest BCUT2D eigenvalue weighted by Gasteiger charge is 2.14. The molecule has 3 rings (SSSR count). The molecule has 1 heterocycles. The minimum absolute atomic E-state index is 0.321. The first-order chi connectivity index (χ1) is 11.7. The molecule has 0 saturated heterocycles. The lowest BCUT2D eigenvalue weighted by Gasteiger charge is -2.15. The Balaban J connectivity index is 1.71. The second-order valence-electron chi connectivity index (χ2n) is 6.24. The Bertz CT molecular complexity index is 796. The number of hydrogen-bond acceptors (Lipinski definition) is 3. The quantitative estimate of drug-likeness (QED) is 0.689. The van der Waals surface area contributed by atoms with Gasteiger partial charge in [-0.15, -0.1) is 5.10 Å². The zero-order chi connectivity index (χ0) is 16.9. The molecule has 0 bridgehead atoms. The summed E-state index contributed by atoms with van der Waals surface area (Å²) in [5.74, 6) is 1.26. The predicted molar refractivity (Wildman–Crippen MR) is 95.4 cm³/mol. The number of aryl methyl sites for hydroxylation is 1. The molecule has 24 heavy (non-hydrogen) atoms. The van der Waals surface area contributed by atoms with Crippen LogP contribution >= 0.6 is 0 Å². The van der Waals surface area contributed by atoms with E-state index in [-0.39, 0.29) is 0 Å². The average molecular weight is 321 g/mol. The molecule has 4 heteroatoms. The third-order valence-electron chi connectivity index (χ3n) is 4.20. The standard InChI is InChI=1S/C20H23N3O/c1-15-9-10-20(24-3)19(11-15)16(2)12-18-14-23(22-21-18)13-17-7-5-4-6-8-17/h4-11,14,16H,12-13H2,1-3H3.